The molecule has 35 heavy (non-hydrogen) atoms. The van der Waals surface area contributed by atoms with Crippen molar-refractivity contribution in [1.29, 1.82) is 0 Å². The second-order valence-electron chi connectivity index (χ2n) is 9.25. The third-order valence-electron chi connectivity index (χ3n) is 6.45. The van der Waals surface area contributed by atoms with Gasteiger partial charge < -0.3 is 30.5 Å². The number of piperazine rings is 1. The van der Waals surface area contributed by atoms with Crippen LogP contribution in [-0.4, -0.2) is 91.4 Å². The average Bonchev–Trinajstić information content (AvgIpc) is 2.86. The maximum Gasteiger partial charge on any atom is 0.255 e. The molecular formula is C25H37N5O5. The van der Waals surface area contributed by atoms with Gasteiger partial charge in [0.05, 0.1) is 12.1 Å². The van der Waals surface area contributed by atoms with Gasteiger partial charge in [-0.05, 0) is 31.0 Å². The molecule has 192 valence electrons. The van der Waals surface area contributed by atoms with Crippen LogP contribution >= 0.6 is 0 Å². The molecule has 2 aliphatic rings. The lowest BCUT2D eigenvalue weighted by atomic mass is 10.0. The highest BCUT2D eigenvalue weighted by atomic mass is 16.5. The van der Waals surface area contributed by atoms with Crippen LogP contribution in [0.3, 0.4) is 0 Å². The first-order chi connectivity index (χ1) is 16.8. The zero-order valence-electron chi connectivity index (χ0n) is 20.8. The Morgan fingerprint density at radius 1 is 1.09 bits per heavy atom. The molecule has 0 aliphatic carbocycles. The fourth-order valence-corrected chi connectivity index (χ4v) is 4.28. The number of nitrogens with zero attached hydrogens (tertiary/aromatic N) is 2. The minimum atomic E-state index is -0.870. The van der Waals surface area contributed by atoms with Crippen LogP contribution in [0.25, 0.3) is 0 Å². The summed E-state index contributed by atoms with van der Waals surface area (Å²) >= 11 is 0. The molecule has 0 bridgehead atoms. The van der Waals surface area contributed by atoms with Crippen LogP contribution < -0.4 is 20.7 Å². The Balaban J connectivity index is 1.83. The van der Waals surface area contributed by atoms with E-state index in [1.165, 1.54) is 0 Å². The molecule has 2 heterocycles. The van der Waals surface area contributed by atoms with Crippen LogP contribution in [0.5, 0.6) is 5.75 Å². The van der Waals surface area contributed by atoms with Crippen LogP contribution in [0.15, 0.2) is 24.3 Å². The SMILES string of the molecule is CCN1CCN(C(=O)[C@@H]2CCC(=O)N[C@H](C(C)C)C(=O)NCCOc3ccccc3C(=O)N2)CC1. The van der Waals surface area contributed by atoms with Crippen molar-refractivity contribution in [2.24, 2.45) is 5.92 Å². The molecule has 1 aromatic carbocycles. The van der Waals surface area contributed by atoms with E-state index < -0.39 is 18.0 Å². The molecule has 3 N–H and O–H groups in total. The van der Waals surface area contributed by atoms with E-state index in [2.05, 4.69) is 27.8 Å². The highest BCUT2D eigenvalue weighted by Gasteiger charge is 2.31. The number of carbonyl (C=O) groups is 4. The number of carbonyl (C=O) groups excluding carboxylic acids is 4. The molecule has 0 saturated carbocycles. The molecule has 0 radical (unpaired) electrons. The van der Waals surface area contributed by atoms with Gasteiger partial charge in [-0.15, -0.1) is 0 Å². The van der Waals surface area contributed by atoms with Gasteiger partial charge in [0.25, 0.3) is 5.91 Å². The van der Waals surface area contributed by atoms with E-state index in [0.29, 0.717) is 24.4 Å². The zero-order valence-corrected chi connectivity index (χ0v) is 20.8. The number of likely N-dealkylation sites (N-methyl/N-ethyl adjacent to an activating group) is 1. The van der Waals surface area contributed by atoms with Gasteiger partial charge in [0.2, 0.25) is 17.7 Å². The maximum absolute atomic E-state index is 13.4. The van der Waals surface area contributed by atoms with Gasteiger partial charge in [-0.25, -0.2) is 0 Å². The van der Waals surface area contributed by atoms with E-state index in [0.717, 1.165) is 19.6 Å². The predicted molar refractivity (Wildman–Crippen MR) is 131 cm³/mol. The van der Waals surface area contributed by atoms with Crippen molar-refractivity contribution in [2.45, 2.75) is 45.7 Å². The lowest BCUT2D eigenvalue weighted by molar-refractivity contribution is -0.135. The Morgan fingerprint density at radius 2 is 1.80 bits per heavy atom. The van der Waals surface area contributed by atoms with Crippen molar-refractivity contribution < 1.29 is 23.9 Å². The Morgan fingerprint density at radius 3 is 2.49 bits per heavy atom. The number of rotatable bonds is 3. The van der Waals surface area contributed by atoms with Crippen molar-refractivity contribution in [3.63, 3.8) is 0 Å². The van der Waals surface area contributed by atoms with Crippen molar-refractivity contribution in [1.82, 2.24) is 25.8 Å². The molecule has 0 aromatic heterocycles. The summed E-state index contributed by atoms with van der Waals surface area (Å²) in [5.41, 5.74) is 0.298. The molecule has 0 unspecified atom stereocenters. The van der Waals surface area contributed by atoms with E-state index in [1.807, 2.05) is 13.8 Å². The minimum Gasteiger partial charge on any atom is -0.491 e. The summed E-state index contributed by atoms with van der Waals surface area (Å²) in [5, 5.41) is 8.40. The second-order valence-corrected chi connectivity index (χ2v) is 9.25. The van der Waals surface area contributed by atoms with Crippen molar-refractivity contribution in [3.8, 4) is 5.75 Å². The van der Waals surface area contributed by atoms with Gasteiger partial charge in [0.1, 0.15) is 24.4 Å². The zero-order chi connectivity index (χ0) is 25.4. The van der Waals surface area contributed by atoms with Gasteiger partial charge in [-0.3, -0.25) is 19.2 Å². The van der Waals surface area contributed by atoms with Crippen LogP contribution in [0, 0.1) is 5.92 Å². The monoisotopic (exact) mass is 487 g/mol. The Kier molecular flexibility index (Phi) is 9.47. The summed E-state index contributed by atoms with van der Waals surface area (Å²) < 4.78 is 5.77. The van der Waals surface area contributed by atoms with E-state index in [-0.39, 0.29) is 49.6 Å². The molecule has 10 nitrogen and oxygen atoms in total. The topological polar surface area (TPSA) is 120 Å². The highest BCUT2D eigenvalue weighted by molar-refractivity contribution is 6.00. The number of ether oxygens (including phenoxy) is 1. The molecule has 2 aliphatic heterocycles. The normalized spacial score (nSPS) is 23.2. The Labute approximate surface area is 206 Å². The second kappa shape index (κ2) is 12.5. The Bertz CT molecular complexity index is 913. The molecule has 1 saturated heterocycles. The summed E-state index contributed by atoms with van der Waals surface area (Å²) in [7, 11) is 0. The number of para-hydroxylation sites is 1. The molecule has 4 amide bonds. The number of fused-ring (bicyclic) bond motifs is 1. The number of hydrogen-bond acceptors (Lipinski definition) is 6. The quantitative estimate of drug-likeness (QED) is 0.567. The van der Waals surface area contributed by atoms with E-state index in [4.69, 9.17) is 4.74 Å². The first-order valence-electron chi connectivity index (χ1n) is 12.4. The largest absolute Gasteiger partial charge is 0.491 e. The van der Waals surface area contributed by atoms with Crippen LogP contribution in [0.1, 0.15) is 44.0 Å². The van der Waals surface area contributed by atoms with Crippen LogP contribution in [-0.2, 0) is 14.4 Å². The highest BCUT2D eigenvalue weighted by Crippen LogP contribution is 2.19. The Hall–Kier alpha value is -3.14. The van der Waals surface area contributed by atoms with Gasteiger partial charge in [-0.2, -0.15) is 0 Å². The standard InChI is InChI=1S/C25H37N5O5/c1-4-29-12-14-30(15-13-29)25(34)19-9-10-21(31)28-22(17(2)3)24(33)26-11-16-35-20-8-6-5-7-18(20)23(32)27-19/h5-8,17,19,22H,4,9-16H2,1-3H3,(H,26,33)(H,27,32)(H,28,31)/t19-,22+/m0/s1. The fraction of sp³-hybridized carbons (Fsp3) is 0.600. The lowest BCUT2D eigenvalue weighted by Crippen LogP contribution is -2.55. The third kappa shape index (κ3) is 7.17. The van der Waals surface area contributed by atoms with E-state index >= 15 is 0 Å². The van der Waals surface area contributed by atoms with Crippen LogP contribution in [0.2, 0.25) is 0 Å². The third-order valence-corrected chi connectivity index (χ3v) is 6.45. The molecule has 0 spiro atoms. The summed E-state index contributed by atoms with van der Waals surface area (Å²) in [4.78, 5) is 56.0. The minimum absolute atomic E-state index is 0.000256. The summed E-state index contributed by atoms with van der Waals surface area (Å²) in [6.45, 7) is 9.77. The van der Waals surface area contributed by atoms with Crippen molar-refractivity contribution in [2.75, 3.05) is 45.9 Å². The average molecular weight is 488 g/mol. The van der Waals surface area contributed by atoms with E-state index in [1.54, 1.807) is 29.2 Å². The van der Waals surface area contributed by atoms with Gasteiger partial charge in [-0.1, -0.05) is 32.9 Å². The molecule has 10 heteroatoms. The summed E-state index contributed by atoms with van der Waals surface area (Å²) in [6.07, 6.45) is 0.125. The summed E-state index contributed by atoms with van der Waals surface area (Å²) in [6, 6.07) is 5.21. The molecule has 3 rings (SSSR count). The number of hydrogen-bond donors (Lipinski definition) is 3. The maximum atomic E-state index is 13.4. The van der Waals surface area contributed by atoms with Gasteiger partial charge >= 0.3 is 0 Å². The lowest BCUT2D eigenvalue weighted by Gasteiger charge is -2.36. The molecular weight excluding hydrogens is 450 g/mol. The molecule has 1 fully saturated rings. The van der Waals surface area contributed by atoms with Gasteiger partial charge in [0, 0.05) is 32.6 Å². The summed E-state index contributed by atoms with van der Waals surface area (Å²) in [5.74, 6) is -1.04. The predicted octanol–water partition coefficient (Wildman–Crippen LogP) is 0.379. The first kappa shape index (κ1) is 26.5. The fourth-order valence-electron chi connectivity index (χ4n) is 4.28. The number of amides is 4. The van der Waals surface area contributed by atoms with Crippen molar-refractivity contribution in [3.05, 3.63) is 29.8 Å². The number of nitrogens with one attached hydrogen (secondary N) is 3. The molecule has 2 atom stereocenters. The van der Waals surface area contributed by atoms with E-state index in [9.17, 15) is 19.2 Å². The number of benzene rings is 1. The van der Waals surface area contributed by atoms with Crippen LogP contribution in [0.4, 0.5) is 0 Å². The first-order valence-corrected chi connectivity index (χ1v) is 12.4. The van der Waals surface area contributed by atoms with Gasteiger partial charge in [0.15, 0.2) is 0 Å². The smallest absolute Gasteiger partial charge is 0.255 e. The van der Waals surface area contributed by atoms with Crippen molar-refractivity contribution >= 4 is 23.6 Å². The molecule has 1 aromatic rings.